The third-order valence-corrected chi connectivity index (χ3v) is 5.62. The smallest absolute Gasteiger partial charge is 0.410 e. The molecule has 4 rings (SSSR count). The van der Waals surface area contributed by atoms with Crippen LogP contribution in [0.15, 0.2) is 29.3 Å². The summed E-state index contributed by atoms with van der Waals surface area (Å²) in [5.74, 6) is 0.257. The molecule has 1 aliphatic rings. The molecule has 170 valence electrons. The van der Waals surface area contributed by atoms with Crippen molar-refractivity contribution in [3.8, 4) is 11.5 Å². The Balaban J connectivity index is 1.90. The summed E-state index contributed by atoms with van der Waals surface area (Å²) in [5, 5.41) is 4.79. The number of rotatable bonds is 2. The molecule has 0 aliphatic carbocycles. The van der Waals surface area contributed by atoms with Crippen LogP contribution in [0.25, 0.3) is 11.5 Å². The Morgan fingerprint density at radius 1 is 1.25 bits per heavy atom. The first-order chi connectivity index (χ1) is 15.0. The third kappa shape index (κ3) is 3.72. The molecule has 3 heterocycles. The van der Waals surface area contributed by atoms with Gasteiger partial charge in [-0.3, -0.25) is 4.57 Å². The second-order valence-corrected chi connectivity index (χ2v) is 9.22. The SMILES string of the molecule is Cc1cc(-n2nc3c(c2-n2cc[nH]c2=O)C(C)N(C(=O)OC(C)(C)C)CC3)cc(C)c1F. The highest BCUT2D eigenvalue weighted by atomic mass is 19.1. The van der Waals surface area contributed by atoms with Crippen LogP contribution in [-0.4, -0.2) is 42.5 Å². The van der Waals surface area contributed by atoms with Crippen molar-refractivity contribution in [2.45, 2.75) is 59.6 Å². The van der Waals surface area contributed by atoms with E-state index in [9.17, 15) is 14.0 Å². The molecule has 0 saturated heterocycles. The number of ether oxygens (including phenoxy) is 1. The van der Waals surface area contributed by atoms with Gasteiger partial charge in [-0.25, -0.2) is 18.7 Å². The Morgan fingerprint density at radius 2 is 1.91 bits per heavy atom. The minimum atomic E-state index is -0.620. The van der Waals surface area contributed by atoms with E-state index in [1.807, 2.05) is 27.7 Å². The van der Waals surface area contributed by atoms with Crippen LogP contribution in [0.5, 0.6) is 0 Å². The van der Waals surface area contributed by atoms with E-state index in [2.05, 4.69) is 4.98 Å². The monoisotopic (exact) mass is 441 g/mol. The molecule has 1 N–H and O–H groups in total. The summed E-state index contributed by atoms with van der Waals surface area (Å²) < 4.78 is 23.0. The quantitative estimate of drug-likeness (QED) is 0.652. The van der Waals surface area contributed by atoms with Gasteiger partial charge in [0.25, 0.3) is 0 Å². The molecule has 0 saturated carbocycles. The number of carbonyl (C=O) groups excluding carboxylic acids is 1. The van der Waals surface area contributed by atoms with E-state index in [-0.39, 0.29) is 17.5 Å². The molecule has 0 spiro atoms. The topological polar surface area (TPSA) is 85.2 Å². The number of imidazole rings is 1. The highest BCUT2D eigenvalue weighted by Crippen LogP contribution is 2.36. The number of aromatic amines is 1. The van der Waals surface area contributed by atoms with Gasteiger partial charge in [-0.05, 0) is 64.8 Å². The second kappa shape index (κ2) is 7.65. The molecule has 0 bridgehead atoms. The molecule has 0 fully saturated rings. The average Bonchev–Trinajstić information content (AvgIpc) is 3.27. The number of halogens is 1. The first-order valence-electron chi connectivity index (χ1n) is 10.6. The lowest BCUT2D eigenvalue weighted by molar-refractivity contribution is 0.0159. The van der Waals surface area contributed by atoms with Crippen LogP contribution in [0.1, 0.15) is 56.1 Å². The summed E-state index contributed by atoms with van der Waals surface area (Å²) in [7, 11) is 0. The zero-order chi connectivity index (χ0) is 23.4. The van der Waals surface area contributed by atoms with Crippen molar-refractivity contribution >= 4 is 6.09 Å². The Bertz CT molecular complexity index is 1220. The van der Waals surface area contributed by atoms with Crippen molar-refractivity contribution in [1.29, 1.82) is 0 Å². The molecule has 1 aliphatic heterocycles. The lowest BCUT2D eigenvalue weighted by Gasteiger charge is -2.34. The van der Waals surface area contributed by atoms with E-state index >= 15 is 0 Å². The molecule has 8 nitrogen and oxygen atoms in total. The van der Waals surface area contributed by atoms with Crippen molar-refractivity contribution < 1.29 is 13.9 Å². The number of hydrogen-bond donors (Lipinski definition) is 1. The number of H-pyrrole nitrogens is 1. The van der Waals surface area contributed by atoms with Crippen molar-refractivity contribution in [1.82, 2.24) is 24.2 Å². The van der Waals surface area contributed by atoms with Gasteiger partial charge in [0, 0.05) is 30.9 Å². The fourth-order valence-corrected chi connectivity index (χ4v) is 4.17. The number of fused-ring (bicyclic) bond motifs is 1. The van der Waals surface area contributed by atoms with Gasteiger partial charge < -0.3 is 14.6 Å². The van der Waals surface area contributed by atoms with E-state index < -0.39 is 11.7 Å². The molecule has 1 unspecified atom stereocenters. The number of carbonyl (C=O) groups is 1. The van der Waals surface area contributed by atoms with Gasteiger partial charge in [-0.15, -0.1) is 0 Å². The van der Waals surface area contributed by atoms with E-state index in [4.69, 9.17) is 9.84 Å². The molecule has 9 heteroatoms. The first-order valence-corrected chi connectivity index (χ1v) is 10.6. The fourth-order valence-electron chi connectivity index (χ4n) is 4.17. The molecule has 1 amide bonds. The molecule has 1 aromatic carbocycles. The van der Waals surface area contributed by atoms with Gasteiger partial charge in [0.1, 0.15) is 17.2 Å². The van der Waals surface area contributed by atoms with E-state index in [0.717, 1.165) is 11.3 Å². The van der Waals surface area contributed by atoms with Gasteiger partial charge in [0.05, 0.1) is 17.4 Å². The van der Waals surface area contributed by atoms with Gasteiger partial charge in [0.2, 0.25) is 0 Å². The van der Waals surface area contributed by atoms with Crippen molar-refractivity contribution in [2.75, 3.05) is 6.54 Å². The third-order valence-electron chi connectivity index (χ3n) is 5.62. The van der Waals surface area contributed by atoms with Gasteiger partial charge >= 0.3 is 11.8 Å². The maximum Gasteiger partial charge on any atom is 0.410 e. The van der Waals surface area contributed by atoms with Gasteiger partial charge in [-0.2, -0.15) is 5.10 Å². The van der Waals surface area contributed by atoms with Crippen LogP contribution in [0.3, 0.4) is 0 Å². The zero-order valence-corrected chi connectivity index (χ0v) is 19.2. The van der Waals surface area contributed by atoms with Crippen molar-refractivity contribution in [3.63, 3.8) is 0 Å². The van der Waals surface area contributed by atoms with E-state index in [0.29, 0.717) is 35.6 Å². The predicted octanol–water partition coefficient (Wildman–Crippen LogP) is 3.96. The van der Waals surface area contributed by atoms with Crippen LogP contribution >= 0.6 is 0 Å². The standard InChI is InChI=1S/C23H28FN5O3/c1-13-11-16(12-14(2)19(13)24)29-20(28-10-8-25-21(28)30)18-15(3)27(9-7-17(18)26-29)22(31)32-23(4,5)6/h8,10-12,15H,7,9H2,1-6H3,(H,25,30). The van der Waals surface area contributed by atoms with Crippen molar-refractivity contribution in [3.05, 3.63) is 63.2 Å². The lowest BCUT2D eigenvalue weighted by Crippen LogP contribution is -2.42. The minimum absolute atomic E-state index is 0.268. The number of nitrogens with zero attached hydrogens (tertiary/aromatic N) is 4. The maximum atomic E-state index is 14.3. The van der Waals surface area contributed by atoms with Crippen LogP contribution in [-0.2, 0) is 11.2 Å². The Kier molecular flexibility index (Phi) is 5.22. The summed E-state index contributed by atoms with van der Waals surface area (Å²) >= 11 is 0. The zero-order valence-electron chi connectivity index (χ0n) is 19.2. The summed E-state index contributed by atoms with van der Waals surface area (Å²) in [6.45, 7) is 11.2. The minimum Gasteiger partial charge on any atom is -0.444 e. The Labute approximate surface area is 185 Å². The molecular weight excluding hydrogens is 413 g/mol. The molecule has 3 aromatic rings. The van der Waals surface area contributed by atoms with Crippen LogP contribution in [0, 0.1) is 19.7 Å². The van der Waals surface area contributed by atoms with Crippen LogP contribution < -0.4 is 5.69 Å². The highest BCUT2D eigenvalue weighted by molar-refractivity contribution is 5.70. The van der Waals surface area contributed by atoms with Crippen LogP contribution in [0.4, 0.5) is 9.18 Å². The maximum absolute atomic E-state index is 14.3. The van der Waals surface area contributed by atoms with Crippen LogP contribution in [0.2, 0.25) is 0 Å². The van der Waals surface area contributed by atoms with Gasteiger partial charge in [-0.1, -0.05) is 0 Å². The number of hydrogen-bond acceptors (Lipinski definition) is 4. The molecule has 32 heavy (non-hydrogen) atoms. The second-order valence-electron chi connectivity index (χ2n) is 9.22. The number of amides is 1. The molecular formula is C23H28FN5O3. The van der Waals surface area contributed by atoms with Crippen molar-refractivity contribution in [2.24, 2.45) is 0 Å². The normalized spacial score (nSPS) is 16.2. The predicted molar refractivity (Wildman–Crippen MR) is 118 cm³/mol. The lowest BCUT2D eigenvalue weighted by atomic mass is 10.00. The number of nitrogens with one attached hydrogen (secondary N) is 1. The molecule has 2 aromatic heterocycles. The number of aromatic nitrogens is 4. The largest absolute Gasteiger partial charge is 0.444 e. The first kappa shape index (κ1) is 21.9. The summed E-state index contributed by atoms with van der Waals surface area (Å²) in [4.78, 5) is 29.8. The number of benzene rings is 1. The summed E-state index contributed by atoms with van der Waals surface area (Å²) in [5.41, 5.74) is 2.24. The van der Waals surface area contributed by atoms with E-state index in [1.54, 1.807) is 48.0 Å². The van der Waals surface area contributed by atoms with E-state index in [1.165, 1.54) is 4.57 Å². The summed E-state index contributed by atoms with van der Waals surface area (Å²) in [6, 6.07) is 3.04. The Morgan fingerprint density at radius 3 is 2.47 bits per heavy atom. The fraction of sp³-hybridized carbons (Fsp3) is 0.435. The number of aryl methyl sites for hydroxylation is 2. The summed E-state index contributed by atoms with van der Waals surface area (Å²) in [6.07, 6.45) is 3.27. The molecule has 0 radical (unpaired) electrons. The molecule has 1 atom stereocenters. The Hall–Kier alpha value is -3.36. The van der Waals surface area contributed by atoms with Gasteiger partial charge in [0.15, 0.2) is 0 Å². The highest BCUT2D eigenvalue weighted by Gasteiger charge is 2.36. The average molecular weight is 442 g/mol.